The molecular weight excluding hydrogens is 265 g/mol. The zero-order chi connectivity index (χ0) is 14.3. The lowest BCUT2D eigenvalue weighted by atomic mass is 10.2. The number of carboxylic acids is 1. The van der Waals surface area contributed by atoms with Gasteiger partial charge in [-0.15, -0.1) is 0 Å². The first-order valence-electron chi connectivity index (χ1n) is 5.51. The molecule has 1 heterocycles. The van der Waals surface area contributed by atoms with Crippen molar-refractivity contribution in [3.8, 4) is 0 Å². The van der Waals surface area contributed by atoms with Gasteiger partial charge in [0.05, 0.1) is 0 Å². The fourth-order valence-electron chi connectivity index (χ4n) is 1.81. The highest BCUT2D eigenvalue weighted by atomic mass is 19.4. The highest BCUT2D eigenvalue weighted by Gasteiger charge is 2.64. The lowest BCUT2D eigenvalue weighted by Gasteiger charge is -2.21. The van der Waals surface area contributed by atoms with Crippen molar-refractivity contribution in [3.05, 3.63) is 24.0 Å². The summed E-state index contributed by atoms with van der Waals surface area (Å²) in [5, 5.41) is 10.7. The van der Waals surface area contributed by atoms with Gasteiger partial charge in [0.15, 0.2) is 0 Å². The van der Waals surface area contributed by atoms with E-state index >= 15 is 0 Å². The number of nitrogens with one attached hydrogen (secondary N) is 1. The Morgan fingerprint density at radius 3 is 2.53 bits per heavy atom. The number of halogens is 3. The molecule has 0 aromatic carbocycles. The van der Waals surface area contributed by atoms with E-state index in [1.807, 2.05) is 5.32 Å². The monoisotopic (exact) mass is 276 g/mol. The summed E-state index contributed by atoms with van der Waals surface area (Å²) in [5.41, 5.74) is -2.27. The highest BCUT2D eigenvalue weighted by Crippen LogP contribution is 2.48. The van der Waals surface area contributed by atoms with Crippen molar-refractivity contribution >= 4 is 11.9 Å². The smallest absolute Gasteiger partial charge is 0.411 e. The Kier molecular flexibility index (Phi) is 3.03. The summed E-state index contributed by atoms with van der Waals surface area (Å²) in [5.74, 6) is -2.09. The van der Waals surface area contributed by atoms with E-state index in [0.29, 0.717) is 0 Å². The van der Waals surface area contributed by atoms with E-state index in [9.17, 15) is 22.8 Å². The molecule has 1 aromatic rings. The molecule has 1 aliphatic rings. The summed E-state index contributed by atoms with van der Waals surface area (Å²) in [6.45, 7) is -0.452. The summed E-state index contributed by atoms with van der Waals surface area (Å²) in [7, 11) is 0. The second kappa shape index (κ2) is 4.29. The van der Waals surface area contributed by atoms with Crippen LogP contribution < -0.4 is 5.32 Å². The van der Waals surface area contributed by atoms with Gasteiger partial charge in [-0.05, 0) is 25.0 Å². The van der Waals surface area contributed by atoms with E-state index in [4.69, 9.17) is 5.11 Å². The van der Waals surface area contributed by atoms with Crippen LogP contribution >= 0.6 is 0 Å². The number of alkyl halides is 3. The SMILES string of the molecule is O=C(Cn1cccc1C(=O)O)NC1(C(F)(F)F)CC1. The number of aromatic nitrogens is 1. The van der Waals surface area contributed by atoms with Crippen molar-refractivity contribution in [2.75, 3.05) is 0 Å². The minimum atomic E-state index is -4.48. The molecule has 1 amide bonds. The van der Waals surface area contributed by atoms with Gasteiger partial charge in [0, 0.05) is 6.20 Å². The first-order chi connectivity index (χ1) is 8.75. The average molecular weight is 276 g/mol. The minimum absolute atomic E-state index is 0.139. The number of hydrogen-bond donors (Lipinski definition) is 2. The molecule has 2 N–H and O–H groups in total. The second-order valence-electron chi connectivity index (χ2n) is 4.45. The van der Waals surface area contributed by atoms with Gasteiger partial charge in [-0.25, -0.2) is 4.79 Å². The van der Waals surface area contributed by atoms with E-state index in [2.05, 4.69) is 0 Å². The quantitative estimate of drug-likeness (QED) is 0.873. The van der Waals surface area contributed by atoms with Gasteiger partial charge in [-0.2, -0.15) is 13.2 Å². The number of carbonyl (C=O) groups excluding carboxylic acids is 1. The van der Waals surface area contributed by atoms with Crippen LogP contribution in [0.1, 0.15) is 23.3 Å². The van der Waals surface area contributed by atoms with E-state index in [1.165, 1.54) is 18.3 Å². The Labute approximate surface area is 106 Å². The number of carbonyl (C=O) groups is 2. The van der Waals surface area contributed by atoms with Crippen LogP contribution in [0.5, 0.6) is 0 Å². The number of aromatic carboxylic acids is 1. The Morgan fingerprint density at radius 1 is 1.42 bits per heavy atom. The Morgan fingerprint density at radius 2 is 2.05 bits per heavy atom. The van der Waals surface area contributed by atoms with Crippen LogP contribution in [0.15, 0.2) is 18.3 Å². The largest absolute Gasteiger partial charge is 0.477 e. The molecule has 2 rings (SSSR count). The summed E-state index contributed by atoms with van der Waals surface area (Å²) in [6, 6.07) is 2.68. The van der Waals surface area contributed by atoms with E-state index in [1.54, 1.807) is 0 Å². The first-order valence-corrected chi connectivity index (χ1v) is 5.51. The van der Waals surface area contributed by atoms with Gasteiger partial charge in [0.25, 0.3) is 0 Å². The third-order valence-electron chi connectivity index (χ3n) is 3.03. The van der Waals surface area contributed by atoms with E-state index in [-0.39, 0.29) is 18.5 Å². The molecule has 5 nitrogen and oxygen atoms in total. The molecule has 0 atom stereocenters. The molecule has 0 bridgehead atoms. The third-order valence-corrected chi connectivity index (χ3v) is 3.03. The molecule has 19 heavy (non-hydrogen) atoms. The molecule has 104 valence electrons. The highest BCUT2D eigenvalue weighted by molar-refractivity contribution is 5.87. The Bertz CT molecular complexity index is 518. The standard InChI is InChI=1S/C11H11F3N2O3/c12-11(13,14)10(3-4-10)15-8(17)6-16-5-1-2-7(16)9(18)19/h1-2,5H,3-4,6H2,(H,15,17)(H,18,19). The molecule has 0 unspecified atom stereocenters. The fraction of sp³-hybridized carbons (Fsp3) is 0.455. The number of rotatable bonds is 4. The molecular formula is C11H11F3N2O3. The molecule has 1 aromatic heterocycles. The van der Waals surface area contributed by atoms with Crippen LogP contribution in [-0.2, 0) is 11.3 Å². The van der Waals surface area contributed by atoms with E-state index < -0.39 is 30.1 Å². The van der Waals surface area contributed by atoms with Crippen molar-refractivity contribution in [1.82, 2.24) is 9.88 Å². The van der Waals surface area contributed by atoms with Crippen molar-refractivity contribution in [2.45, 2.75) is 31.1 Å². The van der Waals surface area contributed by atoms with Crippen molar-refractivity contribution in [3.63, 3.8) is 0 Å². The zero-order valence-electron chi connectivity index (χ0n) is 9.70. The molecule has 0 aliphatic heterocycles. The normalized spacial score (nSPS) is 17.0. The van der Waals surface area contributed by atoms with Crippen molar-refractivity contribution < 1.29 is 27.9 Å². The molecule has 1 saturated carbocycles. The molecule has 8 heteroatoms. The summed E-state index contributed by atoms with van der Waals surface area (Å²) in [6.07, 6.45) is -3.43. The van der Waals surface area contributed by atoms with Crippen molar-refractivity contribution in [1.29, 1.82) is 0 Å². The average Bonchev–Trinajstić information content (AvgIpc) is 2.89. The molecule has 0 saturated heterocycles. The Balaban J connectivity index is 2.03. The zero-order valence-corrected chi connectivity index (χ0v) is 9.70. The third kappa shape index (κ3) is 2.56. The van der Waals surface area contributed by atoms with Gasteiger partial charge < -0.3 is 15.0 Å². The predicted molar refractivity (Wildman–Crippen MR) is 57.6 cm³/mol. The van der Waals surface area contributed by atoms with Gasteiger partial charge in [-0.3, -0.25) is 4.79 Å². The van der Waals surface area contributed by atoms with Crippen LogP contribution in [0.2, 0.25) is 0 Å². The van der Waals surface area contributed by atoms with Gasteiger partial charge in [0.1, 0.15) is 17.8 Å². The lowest BCUT2D eigenvalue weighted by Crippen LogP contribution is -2.48. The van der Waals surface area contributed by atoms with Crippen LogP contribution in [-0.4, -0.2) is 33.3 Å². The molecule has 1 aliphatic carbocycles. The number of nitrogens with zero attached hydrogens (tertiary/aromatic N) is 1. The lowest BCUT2D eigenvalue weighted by molar-refractivity contribution is -0.170. The van der Waals surface area contributed by atoms with Crippen molar-refractivity contribution in [2.24, 2.45) is 0 Å². The molecule has 1 fully saturated rings. The number of amides is 1. The maximum atomic E-state index is 12.6. The Hall–Kier alpha value is -1.99. The number of carboxylic acid groups (broad SMARTS) is 1. The first kappa shape index (κ1) is 13.4. The minimum Gasteiger partial charge on any atom is -0.477 e. The van der Waals surface area contributed by atoms with Crippen LogP contribution in [0.4, 0.5) is 13.2 Å². The van der Waals surface area contributed by atoms with E-state index in [0.717, 1.165) is 4.57 Å². The topological polar surface area (TPSA) is 71.3 Å². The summed E-state index contributed by atoms with van der Waals surface area (Å²) in [4.78, 5) is 22.4. The maximum Gasteiger partial charge on any atom is 0.411 e. The summed E-state index contributed by atoms with van der Waals surface area (Å²) >= 11 is 0. The van der Waals surface area contributed by atoms with Crippen LogP contribution in [0.3, 0.4) is 0 Å². The van der Waals surface area contributed by atoms with Crippen LogP contribution in [0, 0.1) is 0 Å². The summed E-state index contributed by atoms with van der Waals surface area (Å²) < 4.78 is 39.0. The molecule has 0 radical (unpaired) electrons. The predicted octanol–water partition coefficient (Wildman–Crippen LogP) is 1.40. The maximum absolute atomic E-state index is 12.6. The van der Waals surface area contributed by atoms with Crippen LogP contribution in [0.25, 0.3) is 0 Å². The van der Waals surface area contributed by atoms with Gasteiger partial charge in [0.2, 0.25) is 5.91 Å². The fourth-order valence-corrected chi connectivity index (χ4v) is 1.81. The molecule has 0 spiro atoms. The number of hydrogen-bond acceptors (Lipinski definition) is 2. The second-order valence-corrected chi connectivity index (χ2v) is 4.45. The van der Waals surface area contributed by atoms with Gasteiger partial charge in [-0.1, -0.05) is 0 Å². The van der Waals surface area contributed by atoms with Gasteiger partial charge >= 0.3 is 12.1 Å².